The molecule has 0 aromatic heterocycles. The predicted molar refractivity (Wildman–Crippen MR) is 85.2 cm³/mol. The van der Waals surface area contributed by atoms with E-state index in [9.17, 15) is 27.9 Å². The van der Waals surface area contributed by atoms with Crippen LogP contribution in [0.25, 0.3) is 0 Å². The van der Waals surface area contributed by atoms with Gasteiger partial charge in [0.15, 0.2) is 0 Å². The number of aliphatic carboxylic acids is 1. The van der Waals surface area contributed by atoms with Gasteiger partial charge in [0.2, 0.25) is 5.91 Å². The van der Waals surface area contributed by atoms with Crippen molar-refractivity contribution in [2.24, 2.45) is 0 Å². The molecule has 0 aliphatic carbocycles. The highest BCUT2D eigenvalue weighted by atomic mass is 19.4. The molecule has 2 rings (SSSR count). The average Bonchev–Trinajstić information content (AvgIpc) is 2.53. The van der Waals surface area contributed by atoms with Crippen LogP contribution < -0.4 is 5.32 Å². The second-order valence-corrected chi connectivity index (χ2v) is 6.02. The smallest absolute Gasteiger partial charge is 0.416 e. The second kappa shape index (κ2) is 7.83. The van der Waals surface area contributed by atoms with Crippen LogP contribution in [-0.2, 0) is 15.8 Å². The van der Waals surface area contributed by atoms with Crippen molar-refractivity contribution in [2.75, 3.05) is 38.5 Å². The molecule has 1 atom stereocenters. The summed E-state index contributed by atoms with van der Waals surface area (Å²) in [4.78, 5) is 27.3. The van der Waals surface area contributed by atoms with Crippen LogP contribution in [0.5, 0.6) is 0 Å². The highest BCUT2D eigenvalue weighted by Crippen LogP contribution is 2.30. The fourth-order valence-electron chi connectivity index (χ4n) is 2.67. The molecule has 0 saturated carbocycles. The Hall–Kier alpha value is -2.13. The van der Waals surface area contributed by atoms with E-state index in [2.05, 4.69) is 10.2 Å². The van der Waals surface area contributed by atoms with Crippen molar-refractivity contribution in [3.8, 4) is 0 Å². The summed E-state index contributed by atoms with van der Waals surface area (Å²) in [5, 5.41) is 11.7. The molecule has 1 heterocycles. The third-order valence-corrected chi connectivity index (χ3v) is 4.12. The molecule has 1 aromatic rings. The Bertz CT molecular complexity index is 629. The number of nitrogens with one attached hydrogen (secondary N) is 1. The van der Waals surface area contributed by atoms with Crippen LogP contribution in [0, 0.1) is 0 Å². The van der Waals surface area contributed by atoms with Gasteiger partial charge in [-0.2, -0.15) is 13.2 Å². The van der Waals surface area contributed by atoms with Crippen molar-refractivity contribution in [3.63, 3.8) is 0 Å². The summed E-state index contributed by atoms with van der Waals surface area (Å²) in [6, 6.07) is 3.25. The van der Waals surface area contributed by atoms with Crippen molar-refractivity contribution in [2.45, 2.75) is 18.6 Å². The number of rotatable bonds is 5. The highest BCUT2D eigenvalue weighted by Gasteiger charge is 2.32. The van der Waals surface area contributed by atoms with Crippen molar-refractivity contribution in [3.05, 3.63) is 29.8 Å². The van der Waals surface area contributed by atoms with E-state index in [4.69, 9.17) is 0 Å². The standard InChI is InChI=1S/C16H20F3N3O3/c1-21-5-7-22(8-6-21)13(15(24)25)10-14(23)20-12-4-2-3-11(9-12)16(17,18)19/h2-4,9,13H,5-8,10H2,1H3,(H,20,23)(H,24,25)/t13-/m1/s1. The van der Waals surface area contributed by atoms with Crippen molar-refractivity contribution in [1.29, 1.82) is 0 Å². The lowest BCUT2D eigenvalue weighted by Gasteiger charge is -2.35. The first-order valence-corrected chi connectivity index (χ1v) is 7.79. The first-order valence-electron chi connectivity index (χ1n) is 7.79. The predicted octanol–water partition coefficient (Wildman–Crippen LogP) is 1.73. The summed E-state index contributed by atoms with van der Waals surface area (Å²) in [6.45, 7) is 2.42. The van der Waals surface area contributed by atoms with E-state index in [1.165, 1.54) is 12.1 Å². The minimum absolute atomic E-state index is 0.0117. The fourth-order valence-corrected chi connectivity index (χ4v) is 2.67. The fraction of sp³-hybridized carbons (Fsp3) is 0.500. The average molecular weight is 359 g/mol. The van der Waals surface area contributed by atoms with Gasteiger partial charge >= 0.3 is 12.1 Å². The Labute approximate surface area is 143 Å². The molecular formula is C16H20F3N3O3. The summed E-state index contributed by atoms with van der Waals surface area (Å²) in [5.74, 6) is -1.76. The van der Waals surface area contributed by atoms with Crippen molar-refractivity contribution < 1.29 is 27.9 Å². The topological polar surface area (TPSA) is 72.9 Å². The molecular weight excluding hydrogens is 339 g/mol. The Balaban J connectivity index is 2.01. The number of amides is 1. The number of carbonyl (C=O) groups is 2. The molecule has 0 radical (unpaired) electrons. The Kier molecular flexibility index (Phi) is 6.02. The number of halogens is 3. The van der Waals surface area contributed by atoms with Crippen molar-refractivity contribution in [1.82, 2.24) is 9.80 Å². The minimum Gasteiger partial charge on any atom is -0.480 e. The molecule has 1 aliphatic rings. The number of piperazine rings is 1. The normalized spacial score (nSPS) is 17.9. The maximum absolute atomic E-state index is 12.7. The van der Waals surface area contributed by atoms with Gasteiger partial charge in [0.25, 0.3) is 0 Å². The number of nitrogens with zero attached hydrogens (tertiary/aromatic N) is 2. The van der Waals surface area contributed by atoms with Gasteiger partial charge in [0.1, 0.15) is 6.04 Å². The number of carboxylic acids is 1. The molecule has 1 aromatic carbocycles. The SMILES string of the molecule is CN1CCN([C@H](CC(=O)Nc2cccc(C(F)(F)F)c2)C(=O)O)CC1. The summed E-state index contributed by atoms with van der Waals surface area (Å²) < 4.78 is 38.1. The molecule has 9 heteroatoms. The lowest BCUT2D eigenvalue weighted by Crippen LogP contribution is -2.52. The van der Waals surface area contributed by atoms with E-state index in [-0.39, 0.29) is 12.1 Å². The van der Waals surface area contributed by atoms with E-state index in [1.807, 2.05) is 7.05 Å². The first-order chi connectivity index (χ1) is 11.7. The summed E-state index contributed by atoms with van der Waals surface area (Å²) in [7, 11) is 1.92. The second-order valence-electron chi connectivity index (χ2n) is 6.02. The lowest BCUT2D eigenvalue weighted by atomic mass is 10.1. The zero-order valence-electron chi connectivity index (χ0n) is 13.7. The summed E-state index contributed by atoms with van der Waals surface area (Å²) in [5.41, 5.74) is -0.888. The van der Waals surface area contributed by atoms with Crippen LogP contribution in [0.1, 0.15) is 12.0 Å². The maximum atomic E-state index is 12.7. The number of likely N-dealkylation sites (N-methyl/N-ethyl adjacent to an activating group) is 1. The van der Waals surface area contributed by atoms with E-state index >= 15 is 0 Å². The molecule has 0 spiro atoms. The third kappa shape index (κ3) is 5.43. The molecule has 1 saturated heterocycles. The largest absolute Gasteiger partial charge is 0.480 e. The summed E-state index contributed by atoms with van der Waals surface area (Å²) >= 11 is 0. The van der Waals surface area contributed by atoms with E-state index in [1.54, 1.807) is 4.90 Å². The van der Waals surface area contributed by atoms with Gasteiger partial charge in [-0.1, -0.05) is 6.07 Å². The van der Waals surface area contributed by atoms with E-state index in [0.717, 1.165) is 12.1 Å². The maximum Gasteiger partial charge on any atom is 0.416 e. The Morgan fingerprint density at radius 3 is 2.44 bits per heavy atom. The lowest BCUT2D eigenvalue weighted by molar-refractivity contribution is -0.145. The molecule has 25 heavy (non-hydrogen) atoms. The van der Waals surface area contributed by atoms with Gasteiger partial charge in [-0.15, -0.1) is 0 Å². The zero-order valence-corrected chi connectivity index (χ0v) is 13.7. The molecule has 2 N–H and O–H groups in total. The van der Waals surface area contributed by atoms with Gasteiger partial charge in [0, 0.05) is 31.9 Å². The third-order valence-electron chi connectivity index (χ3n) is 4.12. The van der Waals surface area contributed by atoms with Crippen LogP contribution in [0.3, 0.4) is 0 Å². The zero-order chi connectivity index (χ0) is 18.6. The summed E-state index contributed by atoms with van der Waals surface area (Å²) in [6.07, 6.45) is -4.83. The van der Waals surface area contributed by atoms with Gasteiger partial charge in [-0.05, 0) is 25.2 Å². The number of anilines is 1. The monoisotopic (exact) mass is 359 g/mol. The molecule has 138 valence electrons. The Morgan fingerprint density at radius 1 is 1.24 bits per heavy atom. The van der Waals surface area contributed by atoms with Crippen LogP contribution in [0.2, 0.25) is 0 Å². The van der Waals surface area contributed by atoms with Crippen LogP contribution in [0.4, 0.5) is 18.9 Å². The number of benzene rings is 1. The molecule has 0 unspecified atom stereocenters. The minimum atomic E-state index is -4.51. The van der Waals surface area contributed by atoms with E-state index in [0.29, 0.717) is 26.2 Å². The molecule has 1 amide bonds. The molecule has 1 fully saturated rings. The highest BCUT2D eigenvalue weighted by molar-refractivity contribution is 5.94. The Morgan fingerprint density at radius 2 is 1.88 bits per heavy atom. The number of hydrogen-bond acceptors (Lipinski definition) is 4. The van der Waals surface area contributed by atoms with Crippen LogP contribution in [-0.4, -0.2) is 66.1 Å². The number of carbonyl (C=O) groups excluding carboxylic acids is 1. The van der Waals surface area contributed by atoms with Gasteiger partial charge in [-0.25, -0.2) is 0 Å². The quantitative estimate of drug-likeness (QED) is 0.838. The van der Waals surface area contributed by atoms with Crippen LogP contribution in [0.15, 0.2) is 24.3 Å². The van der Waals surface area contributed by atoms with Gasteiger partial charge < -0.3 is 15.3 Å². The molecule has 6 nitrogen and oxygen atoms in total. The first kappa shape index (κ1) is 19.2. The molecule has 1 aliphatic heterocycles. The van der Waals surface area contributed by atoms with Crippen LogP contribution >= 0.6 is 0 Å². The molecule has 0 bridgehead atoms. The van der Waals surface area contributed by atoms with E-state index < -0.39 is 29.7 Å². The van der Waals surface area contributed by atoms with Gasteiger partial charge in [0.05, 0.1) is 12.0 Å². The van der Waals surface area contributed by atoms with Crippen molar-refractivity contribution >= 4 is 17.6 Å². The number of carboxylic acid groups (broad SMARTS) is 1. The number of hydrogen-bond donors (Lipinski definition) is 2. The van der Waals surface area contributed by atoms with Gasteiger partial charge in [-0.3, -0.25) is 14.5 Å². The number of alkyl halides is 3.